The van der Waals surface area contributed by atoms with Gasteiger partial charge < -0.3 is 20.3 Å². The van der Waals surface area contributed by atoms with Crippen molar-refractivity contribution in [3.05, 3.63) is 28.7 Å². The Balaban J connectivity index is 2.27. The minimum atomic E-state index is -1.29. The highest BCUT2D eigenvalue weighted by Gasteiger charge is 2.24. The lowest BCUT2D eigenvalue weighted by Gasteiger charge is -2.16. The molecule has 1 rings (SSSR count). The minimum absolute atomic E-state index is 0.132. The number of aliphatic hydroxyl groups excluding tert-OH is 1. The van der Waals surface area contributed by atoms with Crippen LogP contribution in [0.5, 0.6) is 5.75 Å². The van der Waals surface area contributed by atoms with Gasteiger partial charge in [-0.2, -0.15) is 0 Å². The van der Waals surface area contributed by atoms with Crippen molar-refractivity contribution in [2.75, 3.05) is 6.61 Å². The molecular formula is C14H18BrNO5. The van der Waals surface area contributed by atoms with Gasteiger partial charge in [0.25, 0.3) is 0 Å². The molecule has 0 saturated heterocycles. The number of hydrogen-bond donors (Lipinski definition) is 3. The van der Waals surface area contributed by atoms with Gasteiger partial charge in [-0.3, -0.25) is 4.79 Å². The van der Waals surface area contributed by atoms with Crippen molar-refractivity contribution < 1.29 is 24.5 Å². The number of halogens is 1. The van der Waals surface area contributed by atoms with Crippen LogP contribution in [0.25, 0.3) is 0 Å². The third kappa shape index (κ3) is 6.59. The van der Waals surface area contributed by atoms with Gasteiger partial charge in [-0.15, -0.1) is 0 Å². The molecule has 0 aliphatic carbocycles. The minimum Gasteiger partial charge on any atom is -0.494 e. The Hall–Kier alpha value is -1.60. The normalized spacial score (nSPS) is 13.3. The first-order chi connectivity index (χ1) is 9.90. The Morgan fingerprint density at radius 2 is 1.95 bits per heavy atom. The fourth-order valence-electron chi connectivity index (χ4n) is 1.59. The Kier molecular flexibility index (Phi) is 7.18. The first-order valence-electron chi connectivity index (χ1n) is 6.48. The number of carboxylic acid groups (broad SMARTS) is 1. The van der Waals surface area contributed by atoms with Crippen LogP contribution in [-0.2, 0) is 9.59 Å². The van der Waals surface area contributed by atoms with Gasteiger partial charge in [0.15, 0.2) is 6.04 Å². The summed E-state index contributed by atoms with van der Waals surface area (Å²) in [6.07, 6.45) is -0.563. The molecule has 0 radical (unpaired) electrons. The summed E-state index contributed by atoms with van der Waals surface area (Å²) in [6, 6.07) is 6.02. The van der Waals surface area contributed by atoms with Crippen LogP contribution in [0.1, 0.15) is 19.8 Å². The first kappa shape index (κ1) is 17.5. The van der Waals surface area contributed by atoms with Crippen LogP contribution < -0.4 is 10.1 Å². The predicted octanol–water partition coefficient (Wildman–Crippen LogP) is 1.56. The molecule has 0 aliphatic heterocycles. The number of carboxylic acids is 1. The number of aliphatic carboxylic acids is 1. The van der Waals surface area contributed by atoms with E-state index >= 15 is 0 Å². The lowest BCUT2D eigenvalue weighted by molar-refractivity contribution is -0.144. The van der Waals surface area contributed by atoms with Gasteiger partial charge in [-0.1, -0.05) is 15.9 Å². The van der Waals surface area contributed by atoms with Gasteiger partial charge >= 0.3 is 5.97 Å². The van der Waals surface area contributed by atoms with Crippen molar-refractivity contribution in [2.45, 2.75) is 31.9 Å². The molecule has 3 N–H and O–H groups in total. The van der Waals surface area contributed by atoms with Crippen LogP contribution in [0.2, 0.25) is 0 Å². The molecule has 0 aliphatic rings. The number of ether oxygens (including phenoxy) is 1. The molecule has 6 nitrogen and oxygen atoms in total. The third-order valence-electron chi connectivity index (χ3n) is 2.70. The van der Waals surface area contributed by atoms with E-state index < -0.39 is 24.0 Å². The molecule has 0 aromatic heterocycles. The average molecular weight is 360 g/mol. The van der Waals surface area contributed by atoms with Gasteiger partial charge in [0.05, 0.1) is 12.7 Å². The zero-order chi connectivity index (χ0) is 15.8. The standard InChI is InChI=1S/C14H18BrNO5/c1-9(17)13(14(19)20)16-12(18)3-2-8-21-11-6-4-10(15)5-7-11/h4-7,9,13,17H,2-3,8H2,1H3,(H,16,18)(H,19,20). The molecule has 0 fully saturated rings. The molecule has 7 heteroatoms. The highest BCUT2D eigenvalue weighted by Crippen LogP contribution is 2.16. The zero-order valence-electron chi connectivity index (χ0n) is 11.6. The molecule has 116 valence electrons. The Labute approximate surface area is 131 Å². The maximum absolute atomic E-state index is 11.6. The van der Waals surface area contributed by atoms with Crippen molar-refractivity contribution in [2.24, 2.45) is 0 Å². The number of benzene rings is 1. The fraction of sp³-hybridized carbons (Fsp3) is 0.429. The van der Waals surface area contributed by atoms with E-state index in [4.69, 9.17) is 9.84 Å². The summed E-state index contributed by atoms with van der Waals surface area (Å²) in [6.45, 7) is 1.66. The summed E-state index contributed by atoms with van der Waals surface area (Å²) in [5.74, 6) is -0.988. The van der Waals surface area contributed by atoms with Crippen LogP contribution in [0, 0.1) is 0 Å². The van der Waals surface area contributed by atoms with Crippen LogP contribution in [0.15, 0.2) is 28.7 Å². The number of hydrogen-bond acceptors (Lipinski definition) is 4. The maximum Gasteiger partial charge on any atom is 0.328 e. The highest BCUT2D eigenvalue weighted by atomic mass is 79.9. The molecule has 0 heterocycles. The van der Waals surface area contributed by atoms with E-state index in [1.54, 1.807) is 12.1 Å². The Morgan fingerprint density at radius 3 is 2.48 bits per heavy atom. The first-order valence-corrected chi connectivity index (χ1v) is 7.28. The van der Waals surface area contributed by atoms with Crippen molar-refractivity contribution >= 4 is 27.8 Å². The molecule has 0 saturated carbocycles. The lowest BCUT2D eigenvalue weighted by Crippen LogP contribution is -2.47. The number of rotatable bonds is 8. The maximum atomic E-state index is 11.6. The second-order valence-electron chi connectivity index (χ2n) is 4.53. The van der Waals surface area contributed by atoms with E-state index in [0.29, 0.717) is 18.8 Å². The number of amides is 1. The van der Waals surface area contributed by atoms with E-state index in [1.165, 1.54) is 6.92 Å². The fourth-order valence-corrected chi connectivity index (χ4v) is 1.85. The van der Waals surface area contributed by atoms with Gasteiger partial charge in [0, 0.05) is 10.9 Å². The van der Waals surface area contributed by atoms with Crippen LogP contribution in [0.3, 0.4) is 0 Å². The van der Waals surface area contributed by atoms with Gasteiger partial charge in [-0.05, 0) is 37.6 Å². The highest BCUT2D eigenvalue weighted by molar-refractivity contribution is 9.10. The van der Waals surface area contributed by atoms with Crippen LogP contribution in [0.4, 0.5) is 0 Å². The van der Waals surface area contributed by atoms with E-state index in [0.717, 1.165) is 4.47 Å². The topological polar surface area (TPSA) is 95.9 Å². The number of aliphatic hydroxyl groups is 1. The monoisotopic (exact) mass is 359 g/mol. The van der Waals surface area contributed by atoms with Crippen molar-refractivity contribution in [3.8, 4) is 5.75 Å². The molecule has 21 heavy (non-hydrogen) atoms. The van der Waals surface area contributed by atoms with E-state index in [2.05, 4.69) is 21.2 Å². The number of carbonyl (C=O) groups excluding carboxylic acids is 1. The molecular weight excluding hydrogens is 342 g/mol. The van der Waals surface area contributed by atoms with Gasteiger partial charge in [0.1, 0.15) is 5.75 Å². The second kappa shape index (κ2) is 8.63. The van der Waals surface area contributed by atoms with Crippen molar-refractivity contribution in [1.82, 2.24) is 5.32 Å². The SMILES string of the molecule is CC(O)C(NC(=O)CCCOc1ccc(Br)cc1)C(=O)O. The van der Waals surface area contributed by atoms with Crippen LogP contribution in [-0.4, -0.2) is 40.8 Å². The summed E-state index contributed by atoms with van der Waals surface area (Å²) in [7, 11) is 0. The third-order valence-corrected chi connectivity index (χ3v) is 3.22. The summed E-state index contributed by atoms with van der Waals surface area (Å²) < 4.78 is 6.40. The smallest absolute Gasteiger partial charge is 0.328 e. The van der Waals surface area contributed by atoms with Crippen molar-refractivity contribution in [1.29, 1.82) is 0 Å². The molecule has 1 aromatic rings. The van der Waals surface area contributed by atoms with E-state index in [-0.39, 0.29) is 6.42 Å². The lowest BCUT2D eigenvalue weighted by atomic mass is 10.1. The molecule has 2 unspecified atom stereocenters. The molecule has 2 atom stereocenters. The summed E-state index contributed by atoms with van der Waals surface area (Å²) in [4.78, 5) is 22.4. The summed E-state index contributed by atoms with van der Waals surface area (Å²) in [5, 5.41) is 20.4. The zero-order valence-corrected chi connectivity index (χ0v) is 13.2. The number of carbonyl (C=O) groups is 2. The molecule has 0 bridgehead atoms. The van der Waals surface area contributed by atoms with Crippen molar-refractivity contribution in [3.63, 3.8) is 0 Å². The Morgan fingerprint density at radius 1 is 1.33 bits per heavy atom. The quantitative estimate of drug-likeness (QED) is 0.612. The number of nitrogens with one attached hydrogen (secondary N) is 1. The Bertz CT molecular complexity index is 475. The molecule has 1 aromatic carbocycles. The summed E-state index contributed by atoms with van der Waals surface area (Å²) in [5.41, 5.74) is 0. The second-order valence-corrected chi connectivity index (χ2v) is 5.45. The van der Waals surface area contributed by atoms with Gasteiger partial charge in [0.2, 0.25) is 5.91 Å². The predicted molar refractivity (Wildman–Crippen MR) is 80.1 cm³/mol. The molecule has 1 amide bonds. The van der Waals surface area contributed by atoms with E-state index in [1.807, 2.05) is 12.1 Å². The van der Waals surface area contributed by atoms with E-state index in [9.17, 15) is 14.7 Å². The average Bonchev–Trinajstić information content (AvgIpc) is 2.42. The van der Waals surface area contributed by atoms with Gasteiger partial charge in [-0.25, -0.2) is 4.79 Å². The largest absolute Gasteiger partial charge is 0.494 e. The summed E-state index contributed by atoms with van der Waals surface area (Å²) >= 11 is 3.32. The molecule has 0 spiro atoms. The van der Waals surface area contributed by atoms with Crippen LogP contribution >= 0.6 is 15.9 Å².